The van der Waals surface area contributed by atoms with Crippen molar-refractivity contribution in [2.45, 2.75) is 13.3 Å². The summed E-state index contributed by atoms with van der Waals surface area (Å²) in [5.74, 6) is 0. The summed E-state index contributed by atoms with van der Waals surface area (Å²) in [6, 6.07) is 14.6. The fourth-order valence-electron chi connectivity index (χ4n) is 2.52. The van der Waals surface area contributed by atoms with Gasteiger partial charge >= 0.3 is 0 Å². The van der Waals surface area contributed by atoms with E-state index in [4.69, 9.17) is 5.26 Å². The first-order valence-corrected chi connectivity index (χ1v) is 5.42. The van der Waals surface area contributed by atoms with E-state index in [1.807, 2.05) is 12.1 Å². The maximum atomic E-state index is 9.15. The molecule has 0 aromatic heterocycles. The van der Waals surface area contributed by atoms with E-state index in [1.54, 1.807) is 0 Å². The van der Waals surface area contributed by atoms with Crippen molar-refractivity contribution in [2.24, 2.45) is 0 Å². The molecule has 0 N–H and O–H groups in total. The molecule has 0 heterocycles. The van der Waals surface area contributed by atoms with Gasteiger partial charge in [-0.2, -0.15) is 5.26 Å². The lowest BCUT2D eigenvalue weighted by Gasteiger charge is -2.04. The van der Waals surface area contributed by atoms with Crippen LogP contribution in [-0.4, -0.2) is 0 Å². The van der Waals surface area contributed by atoms with E-state index in [2.05, 4.69) is 37.3 Å². The average Bonchev–Trinajstić information content (AvgIpc) is 2.69. The summed E-state index contributed by atoms with van der Waals surface area (Å²) < 4.78 is 0. The van der Waals surface area contributed by atoms with Crippen molar-refractivity contribution in [2.75, 3.05) is 0 Å². The average molecular weight is 205 g/mol. The quantitative estimate of drug-likeness (QED) is 0.551. The minimum Gasteiger partial charge on any atom is -0.192 e. The number of aryl methyl sites for hydroxylation is 1. The minimum atomic E-state index is 0.793. The molecule has 0 amide bonds. The molecule has 0 spiro atoms. The summed E-state index contributed by atoms with van der Waals surface area (Å²) in [5.41, 5.74) is 7.15. The molecule has 1 heteroatoms. The molecule has 0 atom stereocenters. The van der Waals surface area contributed by atoms with Gasteiger partial charge in [-0.25, -0.2) is 0 Å². The number of fused-ring (bicyclic) bond motifs is 3. The summed E-state index contributed by atoms with van der Waals surface area (Å²) in [7, 11) is 0. The van der Waals surface area contributed by atoms with Gasteiger partial charge in [0.15, 0.2) is 0 Å². The molecule has 0 saturated carbocycles. The lowest BCUT2D eigenvalue weighted by Crippen LogP contribution is -1.84. The third kappa shape index (κ3) is 1.10. The van der Waals surface area contributed by atoms with Crippen molar-refractivity contribution in [3.63, 3.8) is 0 Å². The van der Waals surface area contributed by atoms with Gasteiger partial charge in [-0.15, -0.1) is 0 Å². The number of hydrogen-bond acceptors (Lipinski definition) is 1. The second-order valence-corrected chi connectivity index (χ2v) is 4.23. The number of hydrogen-bond donors (Lipinski definition) is 0. The van der Waals surface area contributed by atoms with Crippen LogP contribution in [0.3, 0.4) is 0 Å². The van der Waals surface area contributed by atoms with Crippen molar-refractivity contribution in [3.8, 4) is 17.2 Å². The highest BCUT2D eigenvalue weighted by molar-refractivity contribution is 5.82. The third-order valence-electron chi connectivity index (χ3n) is 3.32. The summed E-state index contributed by atoms with van der Waals surface area (Å²) in [5, 5.41) is 9.15. The van der Waals surface area contributed by atoms with Crippen molar-refractivity contribution in [1.29, 1.82) is 5.26 Å². The van der Waals surface area contributed by atoms with Gasteiger partial charge in [0.1, 0.15) is 0 Å². The molecule has 0 saturated heterocycles. The lowest BCUT2D eigenvalue weighted by molar-refractivity contribution is 1.22. The molecule has 1 nitrogen and oxygen atoms in total. The van der Waals surface area contributed by atoms with Gasteiger partial charge < -0.3 is 0 Å². The number of rotatable bonds is 0. The predicted molar refractivity (Wildman–Crippen MR) is 64.1 cm³/mol. The minimum absolute atomic E-state index is 0.793. The maximum Gasteiger partial charge on any atom is 0.0998 e. The van der Waals surface area contributed by atoms with E-state index in [9.17, 15) is 0 Å². The monoisotopic (exact) mass is 205 g/mol. The van der Waals surface area contributed by atoms with Crippen LogP contribution in [0.2, 0.25) is 0 Å². The fraction of sp³-hybridized carbons (Fsp3) is 0.133. The zero-order valence-corrected chi connectivity index (χ0v) is 9.12. The van der Waals surface area contributed by atoms with Crippen LogP contribution in [0.5, 0.6) is 0 Å². The number of benzene rings is 2. The van der Waals surface area contributed by atoms with Crippen molar-refractivity contribution in [3.05, 3.63) is 58.7 Å². The Bertz CT molecular complexity index is 618. The van der Waals surface area contributed by atoms with Gasteiger partial charge in [0.05, 0.1) is 11.6 Å². The summed E-state index contributed by atoms with van der Waals surface area (Å²) >= 11 is 0. The van der Waals surface area contributed by atoms with Gasteiger partial charge in [0.2, 0.25) is 0 Å². The molecule has 2 aromatic rings. The van der Waals surface area contributed by atoms with Crippen LogP contribution in [0.15, 0.2) is 36.4 Å². The van der Waals surface area contributed by atoms with Crippen molar-refractivity contribution < 1.29 is 0 Å². The predicted octanol–water partition coefficient (Wildman–Crippen LogP) is 3.44. The molecule has 1 aliphatic rings. The van der Waals surface area contributed by atoms with E-state index in [-0.39, 0.29) is 0 Å². The van der Waals surface area contributed by atoms with E-state index in [1.165, 1.54) is 22.3 Å². The van der Waals surface area contributed by atoms with Crippen LogP contribution in [0.25, 0.3) is 11.1 Å². The third-order valence-corrected chi connectivity index (χ3v) is 3.32. The molecular formula is C15H11N. The Balaban J connectivity index is 2.37. The van der Waals surface area contributed by atoms with Gasteiger partial charge in [-0.05, 0) is 41.7 Å². The van der Waals surface area contributed by atoms with Crippen LogP contribution < -0.4 is 0 Å². The zero-order chi connectivity index (χ0) is 11.1. The standard InChI is InChI=1S/C15H11N/c1-10-4-2-7-13-14(10)8-11-5-3-6-12(9-16)15(11)13/h2-7H,8H2,1H3. The number of nitriles is 1. The van der Waals surface area contributed by atoms with E-state index in [0.717, 1.165) is 17.5 Å². The van der Waals surface area contributed by atoms with Crippen LogP contribution in [-0.2, 0) is 6.42 Å². The molecule has 0 fully saturated rings. The van der Waals surface area contributed by atoms with E-state index < -0.39 is 0 Å². The lowest BCUT2D eigenvalue weighted by atomic mass is 9.99. The molecule has 2 aromatic carbocycles. The molecule has 16 heavy (non-hydrogen) atoms. The molecule has 0 unspecified atom stereocenters. The highest BCUT2D eigenvalue weighted by Crippen LogP contribution is 2.39. The van der Waals surface area contributed by atoms with Crippen LogP contribution in [0, 0.1) is 18.3 Å². The molecule has 1 aliphatic carbocycles. The normalized spacial score (nSPS) is 11.8. The van der Waals surface area contributed by atoms with E-state index >= 15 is 0 Å². The first-order chi connectivity index (χ1) is 7.81. The SMILES string of the molecule is Cc1cccc2c1Cc1cccc(C#N)c1-2. The van der Waals surface area contributed by atoms with Gasteiger partial charge in [-0.3, -0.25) is 0 Å². The van der Waals surface area contributed by atoms with Crippen LogP contribution in [0.1, 0.15) is 22.3 Å². The fourth-order valence-corrected chi connectivity index (χ4v) is 2.52. The number of nitrogens with zero attached hydrogens (tertiary/aromatic N) is 1. The van der Waals surface area contributed by atoms with Crippen LogP contribution >= 0.6 is 0 Å². The topological polar surface area (TPSA) is 23.8 Å². The van der Waals surface area contributed by atoms with Crippen molar-refractivity contribution in [1.82, 2.24) is 0 Å². The smallest absolute Gasteiger partial charge is 0.0998 e. The van der Waals surface area contributed by atoms with Crippen molar-refractivity contribution >= 4 is 0 Å². The second kappa shape index (κ2) is 3.21. The second-order valence-electron chi connectivity index (χ2n) is 4.23. The zero-order valence-electron chi connectivity index (χ0n) is 9.12. The largest absolute Gasteiger partial charge is 0.192 e. The molecule has 3 rings (SSSR count). The first-order valence-electron chi connectivity index (χ1n) is 5.42. The highest BCUT2D eigenvalue weighted by Gasteiger charge is 2.21. The summed E-state index contributed by atoms with van der Waals surface area (Å²) in [6.45, 7) is 2.14. The summed E-state index contributed by atoms with van der Waals surface area (Å²) in [6.07, 6.45) is 0.965. The Morgan fingerprint density at radius 1 is 1.12 bits per heavy atom. The Morgan fingerprint density at radius 2 is 1.94 bits per heavy atom. The Labute approximate surface area is 95.0 Å². The molecule has 0 radical (unpaired) electrons. The van der Waals surface area contributed by atoms with Gasteiger partial charge in [0.25, 0.3) is 0 Å². The van der Waals surface area contributed by atoms with E-state index in [0.29, 0.717) is 0 Å². The molecule has 0 aliphatic heterocycles. The Morgan fingerprint density at radius 3 is 2.75 bits per heavy atom. The molecule has 76 valence electrons. The highest BCUT2D eigenvalue weighted by atomic mass is 14.3. The Hall–Kier alpha value is -2.07. The Kier molecular flexibility index (Phi) is 1.84. The molecule has 0 bridgehead atoms. The van der Waals surface area contributed by atoms with Gasteiger partial charge in [-0.1, -0.05) is 30.3 Å². The molecular weight excluding hydrogens is 194 g/mol. The summed E-state index contributed by atoms with van der Waals surface area (Å²) in [4.78, 5) is 0. The maximum absolute atomic E-state index is 9.15. The van der Waals surface area contributed by atoms with Gasteiger partial charge in [0, 0.05) is 5.56 Å². The van der Waals surface area contributed by atoms with Crippen LogP contribution in [0.4, 0.5) is 0 Å². The first kappa shape index (κ1) is 9.18.